The molecule has 4 heteroatoms. The standard InChI is InChI=1S/C10H11ClO3/c1-13-9(10(12)14-7-11)8-5-3-2-4-6-8/h2-6,9H,7H2,1H3. The van der Waals surface area contributed by atoms with Gasteiger partial charge in [-0.25, -0.2) is 4.79 Å². The number of halogens is 1. The maximum Gasteiger partial charge on any atom is 0.341 e. The van der Waals surface area contributed by atoms with Crippen LogP contribution in [0.5, 0.6) is 0 Å². The molecule has 0 aliphatic carbocycles. The Bertz CT molecular complexity index is 287. The number of hydrogen-bond acceptors (Lipinski definition) is 3. The van der Waals surface area contributed by atoms with Crippen molar-refractivity contribution in [3.05, 3.63) is 35.9 Å². The summed E-state index contributed by atoms with van der Waals surface area (Å²) in [6.45, 7) is 0. The van der Waals surface area contributed by atoms with Crippen molar-refractivity contribution in [3.63, 3.8) is 0 Å². The predicted molar refractivity (Wildman–Crippen MR) is 53.0 cm³/mol. The predicted octanol–water partition coefficient (Wildman–Crippen LogP) is 2.11. The molecule has 1 aromatic rings. The molecule has 0 radical (unpaired) electrons. The highest BCUT2D eigenvalue weighted by Gasteiger charge is 2.20. The first kappa shape index (κ1) is 11.0. The van der Waals surface area contributed by atoms with Crippen molar-refractivity contribution in [1.29, 1.82) is 0 Å². The summed E-state index contributed by atoms with van der Waals surface area (Å²) < 4.78 is 9.67. The van der Waals surface area contributed by atoms with Gasteiger partial charge < -0.3 is 9.47 Å². The molecule has 0 aromatic heterocycles. The number of esters is 1. The van der Waals surface area contributed by atoms with Gasteiger partial charge in [0, 0.05) is 7.11 Å². The highest BCUT2D eigenvalue weighted by Crippen LogP contribution is 2.17. The summed E-state index contributed by atoms with van der Waals surface area (Å²) >= 11 is 5.29. The smallest absolute Gasteiger partial charge is 0.341 e. The monoisotopic (exact) mass is 214 g/mol. The van der Waals surface area contributed by atoms with Gasteiger partial charge in [-0.3, -0.25) is 0 Å². The molecule has 0 fully saturated rings. The van der Waals surface area contributed by atoms with Gasteiger partial charge in [0.25, 0.3) is 0 Å². The summed E-state index contributed by atoms with van der Waals surface area (Å²) in [4.78, 5) is 11.3. The van der Waals surface area contributed by atoms with Crippen LogP contribution in [0, 0.1) is 0 Å². The van der Waals surface area contributed by atoms with Crippen LogP contribution >= 0.6 is 11.6 Å². The van der Waals surface area contributed by atoms with Crippen molar-refractivity contribution < 1.29 is 14.3 Å². The van der Waals surface area contributed by atoms with Gasteiger partial charge in [0.2, 0.25) is 0 Å². The molecule has 0 amide bonds. The Morgan fingerprint density at radius 3 is 2.57 bits per heavy atom. The second kappa shape index (κ2) is 5.62. The molecule has 14 heavy (non-hydrogen) atoms. The van der Waals surface area contributed by atoms with Gasteiger partial charge in [0.05, 0.1) is 0 Å². The second-order valence-electron chi connectivity index (χ2n) is 2.60. The molecule has 1 atom stereocenters. The zero-order valence-corrected chi connectivity index (χ0v) is 8.53. The van der Waals surface area contributed by atoms with E-state index in [0.29, 0.717) is 0 Å². The maximum absolute atomic E-state index is 11.3. The van der Waals surface area contributed by atoms with Crippen LogP contribution < -0.4 is 0 Å². The van der Waals surface area contributed by atoms with Crippen LogP contribution in [0.15, 0.2) is 30.3 Å². The van der Waals surface area contributed by atoms with Gasteiger partial charge in [-0.05, 0) is 5.56 Å². The number of benzene rings is 1. The van der Waals surface area contributed by atoms with Crippen LogP contribution in [0.1, 0.15) is 11.7 Å². The first-order chi connectivity index (χ1) is 6.79. The van der Waals surface area contributed by atoms with Crippen LogP contribution in [0.25, 0.3) is 0 Å². The number of rotatable bonds is 4. The van der Waals surface area contributed by atoms with E-state index in [2.05, 4.69) is 4.74 Å². The number of hydrogen-bond donors (Lipinski definition) is 0. The fourth-order valence-corrected chi connectivity index (χ4v) is 1.23. The molecule has 0 aliphatic heterocycles. The minimum atomic E-state index is -0.699. The van der Waals surface area contributed by atoms with Crippen LogP contribution in [0.2, 0.25) is 0 Å². The number of carbonyl (C=O) groups is 1. The lowest BCUT2D eigenvalue weighted by molar-refractivity contribution is -0.153. The van der Waals surface area contributed by atoms with E-state index in [1.165, 1.54) is 7.11 Å². The molecule has 76 valence electrons. The summed E-state index contributed by atoms with van der Waals surface area (Å²) in [6, 6.07) is 8.95. The molecule has 0 bridgehead atoms. The first-order valence-electron chi connectivity index (χ1n) is 4.10. The Balaban J connectivity index is 2.77. The molecule has 0 heterocycles. The average Bonchev–Trinajstić information content (AvgIpc) is 2.21. The van der Waals surface area contributed by atoms with E-state index in [1.54, 1.807) is 12.1 Å². The topological polar surface area (TPSA) is 35.5 Å². The quantitative estimate of drug-likeness (QED) is 0.569. The fourth-order valence-electron chi connectivity index (χ4n) is 1.13. The molecule has 0 saturated heterocycles. The number of ether oxygens (including phenoxy) is 2. The van der Waals surface area contributed by atoms with E-state index in [-0.39, 0.29) is 6.07 Å². The first-order valence-corrected chi connectivity index (χ1v) is 4.63. The zero-order chi connectivity index (χ0) is 10.4. The third-order valence-corrected chi connectivity index (χ3v) is 1.86. The Hall–Kier alpha value is -1.06. The maximum atomic E-state index is 11.3. The minimum absolute atomic E-state index is 0.161. The van der Waals surface area contributed by atoms with E-state index in [4.69, 9.17) is 16.3 Å². The normalized spacial score (nSPS) is 12.1. The SMILES string of the molecule is COC(C(=O)OCCl)c1ccccc1. The summed E-state index contributed by atoms with van der Waals surface area (Å²) in [5.41, 5.74) is 0.755. The minimum Gasteiger partial charge on any atom is -0.447 e. The van der Waals surface area contributed by atoms with Gasteiger partial charge in [-0.2, -0.15) is 0 Å². The summed E-state index contributed by atoms with van der Waals surface area (Å²) in [5.74, 6) is -0.478. The van der Waals surface area contributed by atoms with Crippen molar-refractivity contribution in [2.24, 2.45) is 0 Å². The van der Waals surface area contributed by atoms with E-state index in [9.17, 15) is 4.79 Å². The van der Waals surface area contributed by atoms with E-state index >= 15 is 0 Å². The van der Waals surface area contributed by atoms with E-state index in [1.807, 2.05) is 18.2 Å². The van der Waals surface area contributed by atoms with Crippen LogP contribution in [0.4, 0.5) is 0 Å². The van der Waals surface area contributed by atoms with Gasteiger partial charge in [-0.15, -0.1) is 0 Å². The van der Waals surface area contributed by atoms with E-state index in [0.717, 1.165) is 5.56 Å². The third-order valence-electron chi connectivity index (χ3n) is 1.75. The molecule has 0 N–H and O–H groups in total. The molecule has 1 unspecified atom stereocenters. The Labute approximate surface area is 87.6 Å². The summed E-state index contributed by atoms with van der Waals surface area (Å²) in [5, 5.41) is 0. The number of methoxy groups -OCH3 is 1. The molecule has 0 aliphatic rings. The number of carbonyl (C=O) groups excluding carboxylic acids is 1. The molecular weight excluding hydrogens is 204 g/mol. The Kier molecular flexibility index (Phi) is 4.43. The van der Waals surface area contributed by atoms with Crippen molar-refractivity contribution in [1.82, 2.24) is 0 Å². The highest BCUT2D eigenvalue weighted by atomic mass is 35.5. The van der Waals surface area contributed by atoms with Crippen LogP contribution in [0.3, 0.4) is 0 Å². The summed E-state index contributed by atoms with van der Waals surface area (Å²) in [6.07, 6.45) is -0.699. The lowest BCUT2D eigenvalue weighted by Gasteiger charge is -2.13. The highest BCUT2D eigenvalue weighted by molar-refractivity contribution is 6.17. The van der Waals surface area contributed by atoms with Crippen molar-refractivity contribution in [3.8, 4) is 0 Å². The van der Waals surface area contributed by atoms with Gasteiger partial charge in [-0.1, -0.05) is 41.9 Å². The average molecular weight is 215 g/mol. The second-order valence-corrected chi connectivity index (χ2v) is 2.82. The molecular formula is C10H11ClO3. The van der Waals surface area contributed by atoms with Crippen molar-refractivity contribution in [2.75, 3.05) is 13.2 Å². The number of alkyl halides is 1. The van der Waals surface area contributed by atoms with E-state index < -0.39 is 12.1 Å². The van der Waals surface area contributed by atoms with Gasteiger partial charge >= 0.3 is 5.97 Å². The van der Waals surface area contributed by atoms with Crippen molar-refractivity contribution >= 4 is 17.6 Å². The Morgan fingerprint density at radius 1 is 1.43 bits per heavy atom. The largest absolute Gasteiger partial charge is 0.447 e. The summed E-state index contributed by atoms with van der Waals surface area (Å²) in [7, 11) is 1.45. The molecule has 0 spiro atoms. The molecule has 1 aromatic carbocycles. The molecule has 1 rings (SSSR count). The van der Waals surface area contributed by atoms with Crippen LogP contribution in [-0.4, -0.2) is 19.1 Å². The zero-order valence-electron chi connectivity index (χ0n) is 7.77. The van der Waals surface area contributed by atoms with Gasteiger partial charge in [0.1, 0.15) is 0 Å². The molecule has 3 nitrogen and oxygen atoms in total. The third kappa shape index (κ3) is 2.72. The van der Waals surface area contributed by atoms with Gasteiger partial charge in [0.15, 0.2) is 12.2 Å². The fraction of sp³-hybridized carbons (Fsp3) is 0.300. The lowest BCUT2D eigenvalue weighted by Crippen LogP contribution is -2.17. The van der Waals surface area contributed by atoms with Crippen LogP contribution in [-0.2, 0) is 14.3 Å². The Morgan fingerprint density at radius 2 is 2.07 bits per heavy atom. The lowest BCUT2D eigenvalue weighted by atomic mass is 10.1. The molecule has 0 saturated carbocycles. The van der Waals surface area contributed by atoms with Crippen molar-refractivity contribution in [2.45, 2.75) is 6.10 Å².